The van der Waals surface area contributed by atoms with Crippen molar-refractivity contribution < 1.29 is 4.79 Å². The van der Waals surface area contributed by atoms with Gasteiger partial charge in [0.2, 0.25) is 0 Å². The van der Waals surface area contributed by atoms with Gasteiger partial charge < -0.3 is 9.88 Å². The number of nitrogens with one attached hydrogen (secondary N) is 1. The van der Waals surface area contributed by atoms with Crippen LogP contribution in [0.1, 0.15) is 16.9 Å². The van der Waals surface area contributed by atoms with Crippen molar-refractivity contribution >= 4 is 5.78 Å². The molecule has 1 aliphatic heterocycles. The Bertz CT molecular complexity index is 345. The molecule has 0 amide bonds. The molecule has 16 heavy (non-hydrogen) atoms. The number of hydrogen-bond acceptors (Lipinski definition) is 3. The zero-order valence-electron chi connectivity index (χ0n) is 9.94. The summed E-state index contributed by atoms with van der Waals surface area (Å²) < 4.78 is 0. The van der Waals surface area contributed by atoms with E-state index in [0.717, 1.165) is 19.5 Å². The minimum absolute atomic E-state index is 0.185. The largest absolute Gasteiger partial charge is 0.359 e. The predicted molar refractivity (Wildman–Crippen MR) is 63.7 cm³/mol. The molecular weight excluding hydrogens is 202 g/mol. The maximum absolute atomic E-state index is 11.9. The summed E-state index contributed by atoms with van der Waals surface area (Å²) in [6.45, 7) is 2.56. The molecule has 88 valence electrons. The molecule has 1 N–H and O–H groups in total. The Kier molecular flexibility index (Phi) is 3.41. The molecule has 1 aromatic heterocycles. The Hall–Kier alpha value is -1.13. The van der Waals surface area contributed by atoms with Crippen molar-refractivity contribution in [3.8, 4) is 0 Å². The van der Waals surface area contributed by atoms with Crippen LogP contribution in [-0.2, 0) is 0 Å². The number of carbonyl (C=O) groups is 1. The first-order valence-electron chi connectivity index (χ1n) is 5.72. The third-order valence-electron chi connectivity index (χ3n) is 3.24. The van der Waals surface area contributed by atoms with Gasteiger partial charge in [0, 0.05) is 25.3 Å². The number of nitrogens with zero attached hydrogens (tertiary/aromatic N) is 2. The number of likely N-dealkylation sites (tertiary alicyclic amines) is 1. The van der Waals surface area contributed by atoms with Crippen LogP contribution >= 0.6 is 0 Å². The van der Waals surface area contributed by atoms with Crippen molar-refractivity contribution in [3.05, 3.63) is 24.0 Å². The number of likely N-dealkylation sites (N-methyl/N-ethyl adjacent to an activating group) is 1. The summed E-state index contributed by atoms with van der Waals surface area (Å²) in [5, 5.41) is 0. The third kappa shape index (κ3) is 2.51. The number of aromatic amines is 1. The monoisotopic (exact) mass is 221 g/mol. The summed E-state index contributed by atoms with van der Waals surface area (Å²) in [6.07, 6.45) is 2.95. The Morgan fingerprint density at radius 2 is 2.44 bits per heavy atom. The summed E-state index contributed by atoms with van der Waals surface area (Å²) in [6, 6.07) is 4.29. The highest BCUT2D eigenvalue weighted by molar-refractivity contribution is 5.95. The van der Waals surface area contributed by atoms with E-state index in [2.05, 4.69) is 28.9 Å². The summed E-state index contributed by atoms with van der Waals surface area (Å²) in [5.74, 6) is 0.185. The van der Waals surface area contributed by atoms with E-state index >= 15 is 0 Å². The van der Waals surface area contributed by atoms with E-state index in [-0.39, 0.29) is 5.78 Å². The van der Waals surface area contributed by atoms with Crippen LogP contribution in [0.4, 0.5) is 0 Å². The van der Waals surface area contributed by atoms with Gasteiger partial charge in [0.15, 0.2) is 5.78 Å². The van der Waals surface area contributed by atoms with Gasteiger partial charge in [-0.1, -0.05) is 0 Å². The van der Waals surface area contributed by atoms with Crippen molar-refractivity contribution in [2.75, 3.05) is 33.7 Å². The van der Waals surface area contributed by atoms with Gasteiger partial charge in [0.25, 0.3) is 0 Å². The van der Waals surface area contributed by atoms with Crippen molar-refractivity contribution in [2.24, 2.45) is 0 Å². The third-order valence-corrected chi connectivity index (χ3v) is 3.24. The van der Waals surface area contributed by atoms with E-state index in [1.54, 1.807) is 6.20 Å². The second-order valence-electron chi connectivity index (χ2n) is 4.65. The van der Waals surface area contributed by atoms with Crippen LogP contribution in [0.25, 0.3) is 0 Å². The summed E-state index contributed by atoms with van der Waals surface area (Å²) in [5.41, 5.74) is 0.716. The van der Waals surface area contributed by atoms with E-state index < -0.39 is 0 Å². The molecule has 1 aliphatic rings. The molecule has 0 spiro atoms. The molecule has 0 aromatic carbocycles. The Morgan fingerprint density at radius 1 is 1.62 bits per heavy atom. The van der Waals surface area contributed by atoms with Gasteiger partial charge in [0.1, 0.15) is 0 Å². The minimum atomic E-state index is 0.185. The highest BCUT2D eigenvalue weighted by Crippen LogP contribution is 2.13. The minimum Gasteiger partial charge on any atom is -0.359 e. The van der Waals surface area contributed by atoms with Gasteiger partial charge in [-0.15, -0.1) is 0 Å². The van der Waals surface area contributed by atoms with E-state index in [4.69, 9.17) is 0 Å². The lowest BCUT2D eigenvalue weighted by atomic mass is 10.2. The summed E-state index contributed by atoms with van der Waals surface area (Å²) in [7, 11) is 4.20. The summed E-state index contributed by atoms with van der Waals surface area (Å²) >= 11 is 0. The molecule has 1 unspecified atom stereocenters. The van der Waals surface area contributed by atoms with Gasteiger partial charge >= 0.3 is 0 Å². The van der Waals surface area contributed by atoms with Crippen LogP contribution < -0.4 is 0 Å². The molecule has 0 radical (unpaired) electrons. The van der Waals surface area contributed by atoms with Crippen LogP contribution in [0.2, 0.25) is 0 Å². The number of aromatic nitrogens is 1. The van der Waals surface area contributed by atoms with E-state index in [1.165, 1.54) is 0 Å². The molecule has 2 rings (SSSR count). The molecule has 4 heteroatoms. The first-order valence-corrected chi connectivity index (χ1v) is 5.72. The normalized spacial score (nSPS) is 21.8. The van der Waals surface area contributed by atoms with Crippen molar-refractivity contribution in [1.82, 2.24) is 14.8 Å². The molecule has 2 heterocycles. The maximum Gasteiger partial charge on any atom is 0.192 e. The summed E-state index contributed by atoms with van der Waals surface area (Å²) in [4.78, 5) is 19.3. The molecule has 1 fully saturated rings. The van der Waals surface area contributed by atoms with Crippen molar-refractivity contribution in [2.45, 2.75) is 12.5 Å². The fourth-order valence-corrected chi connectivity index (χ4v) is 2.17. The standard InChI is InChI=1S/C12H19N3O/c1-14(2)10-5-7-15(8-10)9-12(16)11-4-3-6-13-11/h3-4,6,10,13H,5,7-9H2,1-2H3. The Labute approximate surface area is 96.2 Å². The molecular formula is C12H19N3O. The smallest absolute Gasteiger partial charge is 0.192 e. The van der Waals surface area contributed by atoms with Gasteiger partial charge in [0.05, 0.1) is 12.2 Å². The highest BCUT2D eigenvalue weighted by Gasteiger charge is 2.25. The Morgan fingerprint density at radius 3 is 3.00 bits per heavy atom. The molecule has 0 aliphatic carbocycles. The van der Waals surface area contributed by atoms with Crippen molar-refractivity contribution in [1.29, 1.82) is 0 Å². The first kappa shape index (κ1) is 11.4. The molecule has 1 saturated heterocycles. The van der Waals surface area contributed by atoms with Crippen molar-refractivity contribution in [3.63, 3.8) is 0 Å². The molecule has 4 nitrogen and oxygen atoms in total. The van der Waals surface area contributed by atoms with E-state index in [1.807, 2.05) is 12.1 Å². The molecule has 0 bridgehead atoms. The lowest BCUT2D eigenvalue weighted by Crippen LogP contribution is -2.33. The van der Waals surface area contributed by atoms with Gasteiger partial charge in [-0.25, -0.2) is 0 Å². The Balaban J connectivity index is 1.86. The fraction of sp³-hybridized carbons (Fsp3) is 0.583. The first-order chi connectivity index (χ1) is 7.66. The highest BCUT2D eigenvalue weighted by atomic mass is 16.1. The van der Waals surface area contributed by atoms with Gasteiger partial charge in [-0.05, 0) is 32.6 Å². The number of Topliss-reactive ketones (excluding diaryl/α,β-unsaturated/α-hetero) is 1. The average molecular weight is 221 g/mol. The maximum atomic E-state index is 11.9. The zero-order valence-corrected chi connectivity index (χ0v) is 9.94. The molecule has 1 atom stereocenters. The number of hydrogen-bond donors (Lipinski definition) is 1. The SMILES string of the molecule is CN(C)C1CCN(CC(=O)c2ccc[nH]2)C1. The topological polar surface area (TPSA) is 39.3 Å². The van der Waals surface area contributed by atoms with Crippen LogP contribution in [0.3, 0.4) is 0 Å². The fourth-order valence-electron chi connectivity index (χ4n) is 2.17. The lowest BCUT2D eigenvalue weighted by Gasteiger charge is -2.19. The quantitative estimate of drug-likeness (QED) is 0.766. The van der Waals surface area contributed by atoms with Crippen LogP contribution in [0.5, 0.6) is 0 Å². The van der Waals surface area contributed by atoms with E-state index in [9.17, 15) is 4.79 Å². The number of carbonyl (C=O) groups excluding carboxylic acids is 1. The van der Waals surface area contributed by atoms with Crippen LogP contribution in [-0.4, -0.2) is 60.3 Å². The zero-order chi connectivity index (χ0) is 11.5. The number of rotatable bonds is 4. The van der Waals surface area contributed by atoms with E-state index in [0.29, 0.717) is 18.3 Å². The van der Waals surface area contributed by atoms with Crippen LogP contribution in [0, 0.1) is 0 Å². The average Bonchev–Trinajstić information content (AvgIpc) is 2.87. The number of H-pyrrole nitrogens is 1. The second-order valence-corrected chi connectivity index (χ2v) is 4.65. The second kappa shape index (κ2) is 4.80. The number of ketones is 1. The van der Waals surface area contributed by atoms with Gasteiger partial charge in [-0.3, -0.25) is 9.69 Å². The van der Waals surface area contributed by atoms with Crippen LogP contribution in [0.15, 0.2) is 18.3 Å². The lowest BCUT2D eigenvalue weighted by molar-refractivity contribution is 0.0937. The predicted octanol–water partition coefficient (Wildman–Crippen LogP) is 0.833. The molecule has 0 saturated carbocycles. The molecule has 1 aromatic rings. The van der Waals surface area contributed by atoms with Gasteiger partial charge in [-0.2, -0.15) is 0 Å².